The lowest BCUT2D eigenvalue weighted by atomic mass is 10.2. The predicted molar refractivity (Wildman–Crippen MR) is 80.3 cm³/mol. The summed E-state index contributed by atoms with van der Waals surface area (Å²) in [6.45, 7) is 2.08. The van der Waals surface area contributed by atoms with Crippen LogP contribution in [0.15, 0.2) is 27.9 Å². The summed E-state index contributed by atoms with van der Waals surface area (Å²) in [6.07, 6.45) is 1.15. The molecule has 2 aromatic heterocycles. The Morgan fingerprint density at radius 3 is 2.86 bits per heavy atom. The molecule has 0 amide bonds. The zero-order valence-electron chi connectivity index (χ0n) is 11.5. The molecule has 22 heavy (non-hydrogen) atoms. The van der Waals surface area contributed by atoms with Crippen molar-refractivity contribution in [3.8, 4) is 5.88 Å². The molecule has 0 fully saturated rings. The number of thiophene rings is 1. The molecule has 0 atom stereocenters. The van der Waals surface area contributed by atoms with Gasteiger partial charge in [-0.1, -0.05) is 0 Å². The molecule has 116 valence electrons. The van der Waals surface area contributed by atoms with E-state index in [1.807, 2.05) is 6.92 Å². The molecule has 1 aliphatic heterocycles. The average Bonchev–Trinajstić information content (AvgIpc) is 2.93. The highest BCUT2D eigenvalue weighted by atomic mass is 32.2. The zero-order chi connectivity index (χ0) is 15.9. The van der Waals surface area contributed by atoms with Crippen molar-refractivity contribution in [3.05, 3.63) is 34.8 Å². The van der Waals surface area contributed by atoms with Crippen molar-refractivity contribution in [3.63, 3.8) is 0 Å². The number of carbonyl (C=O) groups is 1. The first-order valence-corrected chi connectivity index (χ1v) is 8.65. The lowest BCUT2D eigenvalue weighted by Crippen LogP contribution is -2.38. The summed E-state index contributed by atoms with van der Waals surface area (Å²) >= 11 is 1.13. The molecule has 1 N–H and O–H groups in total. The van der Waals surface area contributed by atoms with Crippen LogP contribution in [0.5, 0.6) is 5.88 Å². The maximum Gasteiger partial charge on any atom is 0.337 e. The van der Waals surface area contributed by atoms with Crippen LogP contribution in [-0.4, -0.2) is 37.6 Å². The SMILES string of the molecule is Cc1csc(S(=O)(=O)N2CCOc3ncc(C(=O)O)cc32)c1. The van der Waals surface area contributed by atoms with Gasteiger partial charge in [0, 0.05) is 6.20 Å². The third kappa shape index (κ3) is 2.42. The molecule has 0 unspecified atom stereocenters. The smallest absolute Gasteiger partial charge is 0.337 e. The van der Waals surface area contributed by atoms with Crippen molar-refractivity contribution in [2.75, 3.05) is 17.5 Å². The molecule has 3 rings (SSSR count). The van der Waals surface area contributed by atoms with E-state index in [1.54, 1.807) is 11.4 Å². The maximum atomic E-state index is 12.8. The number of carboxylic acid groups (broad SMARTS) is 1. The summed E-state index contributed by atoms with van der Waals surface area (Å²) in [5.74, 6) is -1.06. The number of anilines is 1. The maximum absolute atomic E-state index is 12.8. The van der Waals surface area contributed by atoms with Crippen LogP contribution in [-0.2, 0) is 10.0 Å². The molecule has 0 radical (unpaired) electrons. The highest BCUT2D eigenvalue weighted by Crippen LogP contribution is 2.35. The summed E-state index contributed by atoms with van der Waals surface area (Å²) in [4.78, 5) is 15.0. The van der Waals surface area contributed by atoms with Crippen molar-refractivity contribution in [1.82, 2.24) is 4.98 Å². The second-order valence-corrected chi connectivity index (χ2v) is 7.72. The number of fused-ring (bicyclic) bond motifs is 1. The Morgan fingerprint density at radius 2 is 2.23 bits per heavy atom. The fourth-order valence-corrected chi connectivity index (χ4v) is 4.87. The summed E-state index contributed by atoms with van der Waals surface area (Å²) in [7, 11) is -3.76. The summed E-state index contributed by atoms with van der Waals surface area (Å²) in [5.41, 5.74) is 0.915. The van der Waals surface area contributed by atoms with Gasteiger partial charge in [0.15, 0.2) is 0 Å². The average molecular weight is 340 g/mol. The first-order chi connectivity index (χ1) is 10.4. The van der Waals surface area contributed by atoms with E-state index < -0.39 is 16.0 Å². The van der Waals surface area contributed by atoms with Gasteiger partial charge in [0.2, 0.25) is 5.88 Å². The van der Waals surface area contributed by atoms with Gasteiger partial charge in [0.1, 0.15) is 16.5 Å². The monoisotopic (exact) mass is 340 g/mol. The van der Waals surface area contributed by atoms with Gasteiger partial charge in [-0.25, -0.2) is 18.2 Å². The van der Waals surface area contributed by atoms with E-state index in [0.717, 1.165) is 27.4 Å². The number of nitrogens with zero attached hydrogens (tertiary/aromatic N) is 2. The quantitative estimate of drug-likeness (QED) is 0.914. The van der Waals surface area contributed by atoms with E-state index in [9.17, 15) is 13.2 Å². The van der Waals surface area contributed by atoms with Gasteiger partial charge < -0.3 is 9.84 Å². The van der Waals surface area contributed by atoms with E-state index in [1.165, 1.54) is 6.07 Å². The van der Waals surface area contributed by atoms with Crippen LogP contribution in [0.3, 0.4) is 0 Å². The molecule has 3 heterocycles. The molecular formula is C13H12N2O5S2. The number of ether oxygens (including phenoxy) is 1. The Bertz CT molecular complexity index is 844. The second-order valence-electron chi connectivity index (χ2n) is 4.72. The molecule has 7 nitrogen and oxygen atoms in total. The lowest BCUT2D eigenvalue weighted by molar-refractivity contribution is 0.0696. The largest absolute Gasteiger partial charge is 0.478 e. The van der Waals surface area contributed by atoms with Crippen molar-refractivity contribution >= 4 is 33.0 Å². The number of hydrogen-bond acceptors (Lipinski definition) is 6. The minimum Gasteiger partial charge on any atom is -0.478 e. The van der Waals surface area contributed by atoms with Crippen LogP contribution in [0.25, 0.3) is 0 Å². The van der Waals surface area contributed by atoms with Gasteiger partial charge in [-0.2, -0.15) is 0 Å². The van der Waals surface area contributed by atoms with Crippen LogP contribution in [0.4, 0.5) is 5.69 Å². The number of aromatic carboxylic acids is 1. The molecule has 0 bridgehead atoms. The number of sulfonamides is 1. The summed E-state index contributed by atoms with van der Waals surface area (Å²) in [6, 6.07) is 2.85. The molecular weight excluding hydrogens is 328 g/mol. The molecule has 0 saturated carbocycles. The first kappa shape index (κ1) is 14.8. The molecule has 0 aliphatic carbocycles. The van der Waals surface area contributed by atoms with E-state index in [0.29, 0.717) is 0 Å². The lowest BCUT2D eigenvalue weighted by Gasteiger charge is -2.29. The normalized spacial score (nSPS) is 14.3. The number of rotatable bonds is 3. The highest BCUT2D eigenvalue weighted by molar-refractivity contribution is 7.94. The van der Waals surface area contributed by atoms with Gasteiger partial charge in [0.25, 0.3) is 10.0 Å². The van der Waals surface area contributed by atoms with Crippen molar-refractivity contribution < 1.29 is 23.1 Å². The first-order valence-electron chi connectivity index (χ1n) is 6.33. The molecule has 9 heteroatoms. The topological polar surface area (TPSA) is 96.8 Å². The van der Waals surface area contributed by atoms with E-state index in [4.69, 9.17) is 9.84 Å². The van der Waals surface area contributed by atoms with Gasteiger partial charge >= 0.3 is 5.97 Å². The zero-order valence-corrected chi connectivity index (χ0v) is 13.1. The van der Waals surface area contributed by atoms with Crippen molar-refractivity contribution in [2.24, 2.45) is 0 Å². The van der Waals surface area contributed by atoms with Crippen molar-refractivity contribution in [1.29, 1.82) is 0 Å². The summed E-state index contributed by atoms with van der Waals surface area (Å²) < 4.78 is 32.2. The van der Waals surface area contributed by atoms with Crippen LogP contribution < -0.4 is 9.04 Å². The number of aryl methyl sites for hydroxylation is 1. The molecule has 0 spiro atoms. The van der Waals surface area contributed by atoms with Crippen molar-refractivity contribution in [2.45, 2.75) is 11.1 Å². The highest BCUT2D eigenvalue weighted by Gasteiger charge is 2.32. The minimum absolute atomic E-state index is 0.0909. The Morgan fingerprint density at radius 1 is 1.45 bits per heavy atom. The van der Waals surface area contributed by atoms with Gasteiger partial charge in [0.05, 0.1) is 12.1 Å². The Kier molecular flexibility index (Phi) is 3.53. The molecule has 1 aliphatic rings. The number of carboxylic acids is 1. The van der Waals surface area contributed by atoms with Gasteiger partial charge in [-0.15, -0.1) is 11.3 Å². The van der Waals surface area contributed by atoms with Crippen LogP contribution in [0.1, 0.15) is 15.9 Å². The summed E-state index contributed by atoms with van der Waals surface area (Å²) in [5, 5.41) is 10.8. The minimum atomic E-state index is -3.76. The van der Waals surface area contributed by atoms with E-state index >= 15 is 0 Å². The number of aromatic nitrogens is 1. The Labute approximate surface area is 130 Å². The fraction of sp³-hybridized carbons (Fsp3) is 0.231. The standard InChI is InChI=1S/C13H12N2O5S2/c1-8-4-11(21-7-8)22(18,19)15-2-3-20-12-10(15)5-9(6-14-12)13(16)17/h4-7H,2-3H2,1H3,(H,16,17). The van der Waals surface area contributed by atoms with E-state index in [-0.39, 0.29) is 34.5 Å². The van der Waals surface area contributed by atoms with Crippen LogP contribution in [0, 0.1) is 6.92 Å². The molecule has 0 aromatic carbocycles. The second kappa shape index (κ2) is 5.25. The van der Waals surface area contributed by atoms with Gasteiger partial charge in [-0.3, -0.25) is 4.31 Å². The van der Waals surface area contributed by atoms with Crippen LogP contribution in [0.2, 0.25) is 0 Å². The third-order valence-electron chi connectivity index (χ3n) is 3.13. The fourth-order valence-electron chi connectivity index (χ4n) is 2.09. The molecule has 2 aromatic rings. The Balaban J connectivity index is 2.11. The Hall–Kier alpha value is -2.13. The van der Waals surface area contributed by atoms with Gasteiger partial charge in [-0.05, 0) is 30.0 Å². The predicted octanol–water partition coefficient (Wildman–Crippen LogP) is 1.74. The number of pyridine rings is 1. The van der Waals surface area contributed by atoms with Crippen LogP contribution >= 0.6 is 11.3 Å². The third-order valence-corrected chi connectivity index (χ3v) is 6.48. The molecule has 0 saturated heterocycles. The van der Waals surface area contributed by atoms with E-state index in [2.05, 4.69) is 4.98 Å². The number of hydrogen-bond donors (Lipinski definition) is 1.